The van der Waals surface area contributed by atoms with Crippen LogP contribution in [0.5, 0.6) is 0 Å². The zero-order chi connectivity index (χ0) is 14.3. The van der Waals surface area contributed by atoms with Gasteiger partial charge in [-0.3, -0.25) is 4.79 Å². The highest BCUT2D eigenvalue weighted by molar-refractivity contribution is 9.10. The number of amides is 1. The minimum absolute atomic E-state index is 0.0327. The van der Waals surface area contributed by atoms with Gasteiger partial charge in [-0.2, -0.15) is 0 Å². The molecule has 0 bridgehead atoms. The third kappa shape index (κ3) is 3.09. The first-order valence-electron chi connectivity index (χ1n) is 7.27. The van der Waals surface area contributed by atoms with E-state index in [0.29, 0.717) is 12.6 Å². The van der Waals surface area contributed by atoms with Gasteiger partial charge in [0.1, 0.15) is 5.69 Å². The maximum Gasteiger partial charge on any atom is 0.268 e. The van der Waals surface area contributed by atoms with Crippen molar-refractivity contribution in [2.75, 3.05) is 6.61 Å². The van der Waals surface area contributed by atoms with E-state index in [1.807, 2.05) is 12.3 Å². The minimum Gasteiger partial charge on any atom is -0.375 e. The van der Waals surface area contributed by atoms with Crippen molar-refractivity contribution in [1.82, 2.24) is 9.88 Å². The van der Waals surface area contributed by atoms with Crippen molar-refractivity contribution >= 4 is 21.8 Å². The van der Waals surface area contributed by atoms with Gasteiger partial charge in [0.2, 0.25) is 0 Å². The number of rotatable bonds is 3. The van der Waals surface area contributed by atoms with Crippen LogP contribution >= 0.6 is 15.9 Å². The van der Waals surface area contributed by atoms with Gasteiger partial charge >= 0.3 is 0 Å². The van der Waals surface area contributed by atoms with Crippen molar-refractivity contribution in [1.29, 1.82) is 0 Å². The fraction of sp³-hybridized carbons (Fsp3) is 0.667. The van der Waals surface area contributed by atoms with Gasteiger partial charge in [-0.05, 0) is 61.5 Å². The van der Waals surface area contributed by atoms with Gasteiger partial charge in [0, 0.05) is 29.4 Å². The van der Waals surface area contributed by atoms with E-state index in [1.165, 1.54) is 12.8 Å². The van der Waals surface area contributed by atoms with E-state index < -0.39 is 0 Å². The van der Waals surface area contributed by atoms with Crippen molar-refractivity contribution in [2.24, 2.45) is 0 Å². The molecule has 2 fully saturated rings. The fourth-order valence-corrected chi connectivity index (χ4v) is 3.33. The molecule has 0 spiro atoms. The molecule has 5 heteroatoms. The molecular weight excluding hydrogens is 320 g/mol. The summed E-state index contributed by atoms with van der Waals surface area (Å²) in [5.41, 5.74) is 0.624. The molecule has 1 aromatic rings. The molecule has 1 atom stereocenters. The molecule has 1 saturated carbocycles. The molecule has 3 rings (SSSR count). The molecule has 0 aromatic carbocycles. The van der Waals surface area contributed by atoms with Crippen molar-refractivity contribution in [3.05, 3.63) is 22.4 Å². The molecular formula is C15H21BrN2O2. The topological polar surface area (TPSA) is 43.3 Å². The number of aromatic nitrogens is 1. The lowest BCUT2D eigenvalue weighted by molar-refractivity contribution is -0.0615. The molecule has 110 valence electrons. The molecule has 1 aromatic heterocycles. The summed E-state index contributed by atoms with van der Waals surface area (Å²) >= 11 is 3.47. The average Bonchev–Trinajstić information content (AvgIpc) is 3.11. The largest absolute Gasteiger partial charge is 0.375 e. The molecule has 20 heavy (non-hydrogen) atoms. The van der Waals surface area contributed by atoms with E-state index in [2.05, 4.69) is 39.7 Å². The van der Waals surface area contributed by atoms with Gasteiger partial charge in [0.05, 0.1) is 5.60 Å². The third-order valence-electron chi connectivity index (χ3n) is 4.02. The first-order chi connectivity index (χ1) is 9.44. The maximum atomic E-state index is 12.5. The SMILES string of the molecule is CC1(C)CC(NC(=O)c2cc(Br)cn2C2CC2)CCO1. The highest BCUT2D eigenvalue weighted by Crippen LogP contribution is 2.37. The van der Waals surface area contributed by atoms with Crippen LogP contribution in [-0.4, -0.2) is 28.7 Å². The fourth-order valence-electron chi connectivity index (χ4n) is 2.90. The third-order valence-corrected chi connectivity index (χ3v) is 4.45. The number of nitrogens with zero attached hydrogens (tertiary/aromatic N) is 1. The number of ether oxygens (including phenoxy) is 1. The lowest BCUT2D eigenvalue weighted by Crippen LogP contribution is -2.46. The van der Waals surface area contributed by atoms with Crippen LogP contribution in [0.25, 0.3) is 0 Å². The van der Waals surface area contributed by atoms with Gasteiger partial charge in [-0.25, -0.2) is 0 Å². The van der Waals surface area contributed by atoms with Crippen LogP contribution in [0.3, 0.4) is 0 Å². The Hall–Kier alpha value is -0.810. The van der Waals surface area contributed by atoms with Crippen LogP contribution in [0.1, 0.15) is 56.1 Å². The van der Waals surface area contributed by atoms with Crippen LogP contribution in [0.2, 0.25) is 0 Å². The predicted octanol–water partition coefficient (Wildman–Crippen LogP) is 3.27. The number of hydrogen-bond acceptors (Lipinski definition) is 2. The first-order valence-corrected chi connectivity index (χ1v) is 8.06. The van der Waals surface area contributed by atoms with Crippen molar-refractivity contribution in [3.63, 3.8) is 0 Å². The number of hydrogen-bond donors (Lipinski definition) is 1. The number of carbonyl (C=O) groups is 1. The molecule has 1 aliphatic heterocycles. The quantitative estimate of drug-likeness (QED) is 0.917. The summed E-state index contributed by atoms with van der Waals surface area (Å²) < 4.78 is 8.77. The van der Waals surface area contributed by atoms with Gasteiger partial charge in [0.25, 0.3) is 5.91 Å². The number of carbonyl (C=O) groups excluding carboxylic acids is 1. The van der Waals surface area contributed by atoms with Gasteiger partial charge < -0.3 is 14.6 Å². The van der Waals surface area contributed by atoms with Crippen LogP contribution in [0.4, 0.5) is 0 Å². The van der Waals surface area contributed by atoms with E-state index >= 15 is 0 Å². The van der Waals surface area contributed by atoms with Crippen LogP contribution in [0, 0.1) is 0 Å². The summed E-state index contributed by atoms with van der Waals surface area (Å²) in [5, 5.41) is 3.17. The Morgan fingerprint density at radius 3 is 2.85 bits per heavy atom. The van der Waals surface area contributed by atoms with Crippen molar-refractivity contribution < 1.29 is 9.53 Å². The van der Waals surface area contributed by atoms with E-state index in [1.54, 1.807) is 0 Å². The average molecular weight is 341 g/mol. The minimum atomic E-state index is -0.144. The lowest BCUT2D eigenvalue weighted by Gasteiger charge is -2.35. The molecule has 2 aliphatic rings. The monoisotopic (exact) mass is 340 g/mol. The van der Waals surface area contributed by atoms with Crippen molar-refractivity contribution in [2.45, 2.75) is 57.2 Å². The van der Waals surface area contributed by atoms with E-state index in [-0.39, 0.29) is 17.6 Å². The summed E-state index contributed by atoms with van der Waals surface area (Å²) in [5.74, 6) is 0.0327. The molecule has 1 N–H and O–H groups in total. The van der Waals surface area contributed by atoms with Crippen LogP contribution in [-0.2, 0) is 4.74 Å². The van der Waals surface area contributed by atoms with Crippen LogP contribution < -0.4 is 5.32 Å². The van der Waals surface area contributed by atoms with Gasteiger partial charge in [-0.1, -0.05) is 0 Å². The Morgan fingerprint density at radius 1 is 1.45 bits per heavy atom. The molecule has 1 amide bonds. The summed E-state index contributed by atoms with van der Waals surface area (Å²) in [6, 6.07) is 2.62. The number of halogens is 1. The molecule has 2 heterocycles. The zero-order valence-electron chi connectivity index (χ0n) is 12.0. The standard InChI is InChI=1S/C15H21BrN2O2/c1-15(2)8-11(5-6-20-15)17-14(19)13-7-10(16)9-18(13)12-3-4-12/h7,9,11-12H,3-6,8H2,1-2H3,(H,17,19). The molecule has 0 radical (unpaired) electrons. The maximum absolute atomic E-state index is 12.5. The Morgan fingerprint density at radius 2 is 2.20 bits per heavy atom. The second-order valence-electron chi connectivity index (χ2n) is 6.45. The molecule has 4 nitrogen and oxygen atoms in total. The Bertz CT molecular complexity index is 520. The Labute approximate surface area is 128 Å². The highest BCUT2D eigenvalue weighted by atomic mass is 79.9. The van der Waals surface area contributed by atoms with Gasteiger partial charge in [-0.15, -0.1) is 0 Å². The summed E-state index contributed by atoms with van der Waals surface area (Å²) in [4.78, 5) is 12.5. The van der Waals surface area contributed by atoms with E-state index in [9.17, 15) is 4.79 Å². The predicted molar refractivity (Wildman–Crippen MR) is 80.9 cm³/mol. The Kier molecular flexibility index (Phi) is 3.67. The first kappa shape index (κ1) is 14.1. The summed E-state index contributed by atoms with van der Waals surface area (Å²) in [6.07, 6.45) is 6.11. The smallest absolute Gasteiger partial charge is 0.268 e. The van der Waals surface area contributed by atoms with Crippen LogP contribution in [0.15, 0.2) is 16.7 Å². The second-order valence-corrected chi connectivity index (χ2v) is 7.37. The van der Waals surface area contributed by atoms with E-state index in [4.69, 9.17) is 4.74 Å². The normalized spacial score (nSPS) is 25.4. The summed E-state index contributed by atoms with van der Waals surface area (Å²) in [6.45, 7) is 4.87. The van der Waals surface area contributed by atoms with Gasteiger partial charge in [0.15, 0.2) is 0 Å². The van der Waals surface area contributed by atoms with E-state index in [0.717, 1.165) is 23.0 Å². The lowest BCUT2D eigenvalue weighted by atomic mass is 9.94. The van der Waals surface area contributed by atoms with Crippen molar-refractivity contribution in [3.8, 4) is 0 Å². The second kappa shape index (κ2) is 5.19. The summed E-state index contributed by atoms with van der Waals surface area (Å²) in [7, 11) is 0. The molecule has 1 aliphatic carbocycles. The highest BCUT2D eigenvalue weighted by Gasteiger charge is 2.32. The number of nitrogens with one attached hydrogen (secondary N) is 1. The molecule has 1 unspecified atom stereocenters. The molecule has 1 saturated heterocycles. The Balaban J connectivity index is 1.70. The zero-order valence-corrected chi connectivity index (χ0v) is 13.6.